The minimum absolute atomic E-state index is 0.362. The fourth-order valence-electron chi connectivity index (χ4n) is 2.35. The first-order valence-corrected chi connectivity index (χ1v) is 5.83. The van der Waals surface area contributed by atoms with Gasteiger partial charge in [0.05, 0.1) is 6.20 Å². The summed E-state index contributed by atoms with van der Waals surface area (Å²) in [5.41, 5.74) is 5.26. The average Bonchev–Trinajstić information content (AvgIpc) is 2.34. The standard InChI is InChI=1S/C15H15N3/c1-10-7-11(2)14(12(3)8-10)15(16-4)13-9-17-5-6-18-13/h5-9,15H,1-3H3. The van der Waals surface area contributed by atoms with Gasteiger partial charge in [-0.15, -0.1) is 0 Å². The van der Waals surface area contributed by atoms with E-state index in [9.17, 15) is 0 Å². The molecule has 1 unspecified atom stereocenters. The highest BCUT2D eigenvalue weighted by Gasteiger charge is 2.24. The molecule has 1 aromatic heterocycles. The number of rotatable bonds is 2. The average molecular weight is 237 g/mol. The van der Waals surface area contributed by atoms with Crippen LogP contribution in [0.5, 0.6) is 0 Å². The Balaban J connectivity index is 2.57. The summed E-state index contributed by atoms with van der Waals surface area (Å²) in [6, 6.07) is 3.85. The van der Waals surface area contributed by atoms with Crippen molar-refractivity contribution < 1.29 is 0 Å². The van der Waals surface area contributed by atoms with Crippen LogP contribution in [0.1, 0.15) is 34.0 Å². The van der Waals surface area contributed by atoms with Crippen molar-refractivity contribution in [3.05, 3.63) is 70.1 Å². The van der Waals surface area contributed by atoms with E-state index in [0.717, 1.165) is 16.7 Å². The van der Waals surface area contributed by atoms with E-state index in [1.54, 1.807) is 18.6 Å². The Morgan fingerprint density at radius 3 is 2.28 bits per heavy atom. The van der Waals surface area contributed by atoms with Crippen LogP contribution < -0.4 is 0 Å². The van der Waals surface area contributed by atoms with E-state index >= 15 is 0 Å². The second kappa shape index (κ2) is 4.97. The van der Waals surface area contributed by atoms with Gasteiger partial charge in [0.15, 0.2) is 0 Å². The predicted octanol–water partition coefficient (Wildman–Crippen LogP) is 3.41. The lowest BCUT2D eigenvalue weighted by atomic mass is 9.93. The summed E-state index contributed by atoms with van der Waals surface area (Å²) in [7, 11) is 0. The van der Waals surface area contributed by atoms with Crippen LogP contribution in [0.3, 0.4) is 0 Å². The van der Waals surface area contributed by atoms with Gasteiger partial charge in [-0.1, -0.05) is 17.7 Å². The lowest BCUT2D eigenvalue weighted by Gasteiger charge is -2.12. The van der Waals surface area contributed by atoms with Crippen LogP contribution in [0.4, 0.5) is 0 Å². The normalized spacial score (nSPS) is 11.9. The van der Waals surface area contributed by atoms with Crippen molar-refractivity contribution in [1.82, 2.24) is 9.97 Å². The van der Waals surface area contributed by atoms with Crippen LogP contribution in [-0.2, 0) is 0 Å². The molecular formula is C15H15N3. The summed E-state index contributed by atoms with van der Waals surface area (Å²) < 4.78 is 0. The van der Waals surface area contributed by atoms with E-state index < -0.39 is 0 Å². The van der Waals surface area contributed by atoms with Gasteiger partial charge >= 0.3 is 0 Å². The quantitative estimate of drug-likeness (QED) is 0.749. The van der Waals surface area contributed by atoms with Crippen molar-refractivity contribution in [2.45, 2.75) is 26.8 Å². The maximum Gasteiger partial charge on any atom is 0.292 e. The summed E-state index contributed by atoms with van der Waals surface area (Å²) >= 11 is 0. The fourth-order valence-corrected chi connectivity index (χ4v) is 2.35. The highest BCUT2D eigenvalue weighted by atomic mass is 14.8. The van der Waals surface area contributed by atoms with E-state index in [0.29, 0.717) is 5.69 Å². The lowest BCUT2D eigenvalue weighted by molar-refractivity contribution is 0.906. The smallest absolute Gasteiger partial charge is 0.292 e. The molecule has 0 aliphatic heterocycles. The molecule has 18 heavy (non-hydrogen) atoms. The number of hydrogen-bond donors (Lipinski definition) is 0. The number of aromatic nitrogens is 2. The number of benzene rings is 1. The van der Waals surface area contributed by atoms with Gasteiger partial charge in [-0.2, -0.15) is 0 Å². The molecule has 2 aromatic rings. The van der Waals surface area contributed by atoms with Crippen LogP contribution in [-0.4, -0.2) is 9.97 Å². The molecule has 0 aliphatic rings. The van der Waals surface area contributed by atoms with Gasteiger partial charge in [-0.25, -0.2) is 11.6 Å². The van der Waals surface area contributed by atoms with Crippen molar-refractivity contribution in [3.63, 3.8) is 0 Å². The molecule has 3 heteroatoms. The molecule has 0 saturated heterocycles. The van der Waals surface area contributed by atoms with Crippen LogP contribution in [0.15, 0.2) is 30.7 Å². The number of hydrogen-bond acceptors (Lipinski definition) is 2. The van der Waals surface area contributed by atoms with Gasteiger partial charge in [0.2, 0.25) is 0 Å². The first-order valence-electron chi connectivity index (χ1n) is 5.83. The van der Waals surface area contributed by atoms with Crippen molar-refractivity contribution in [3.8, 4) is 0 Å². The molecule has 1 heterocycles. The maximum absolute atomic E-state index is 7.44. The fraction of sp³-hybridized carbons (Fsp3) is 0.267. The Bertz CT molecular complexity index is 574. The second-order valence-corrected chi connectivity index (χ2v) is 4.47. The molecule has 0 bridgehead atoms. The third-order valence-electron chi connectivity index (χ3n) is 3.00. The first-order chi connectivity index (χ1) is 8.63. The summed E-state index contributed by atoms with van der Waals surface area (Å²) in [6.45, 7) is 13.6. The first kappa shape index (κ1) is 12.3. The van der Waals surface area contributed by atoms with Gasteiger partial charge in [0, 0.05) is 18.0 Å². The Morgan fingerprint density at radius 2 is 1.78 bits per heavy atom. The maximum atomic E-state index is 7.44. The summed E-state index contributed by atoms with van der Waals surface area (Å²) in [5, 5.41) is 0. The molecule has 0 saturated carbocycles. The zero-order valence-electron chi connectivity index (χ0n) is 10.8. The summed E-state index contributed by atoms with van der Waals surface area (Å²) in [4.78, 5) is 12.0. The third-order valence-corrected chi connectivity index (χ3v) is 3.00. The molecule has 3 nitrogen and oxygen atoms in total. The zero-order chi connectivity index (χ0) is 13.1. The van der Waals surface area contributed by atoms with E-state index in [1.807, 2.05) is 13.8 Å². The number of nitrogens with zero attached hydrogens (tertiary/aromatic N) is 3. The summed E-state index contributed by atoms with van der Waals surface area (Å²) in [6.07, 6.45) is 4.92. The molecule has 0 spiro atoms. The van der Waals surface area contributed by atoms with Gasteiger partial charge < -0.3 is 4.85 Å². The van der Waals surface area contributed by atoms with Crippen LogP contribution in [0.25, 0.3) is 4.85 Å². The van der Waals surface area contributed by atoms with Crippen LogP contribution in [0, 0.1) is 27.3 Å². The third kappa shape index (κ3) is 2.23. The lowest BCUT2D eigenvalue weighted by Crippen LogP contribution is -2.04. The van der Waals surface area contributed by atoms with Crippen LogP contribution in [0.2, 0.25) is 0 Å². The molecule has 1 atom stereocenters. The molecule has 0 fully saturated rings. The minimum atomic E-state index is -0.362. The van der Waals surface area contributed by atoms with Crippen LogP contribution >= 0.6 is 0 Å². The van der Waals surface area contributed by atoms with Crippen molar-refractivity contribution in [1.29, 1.82) is 0 Å². The second-order valence-electron chi connectivity index (χ2n) is 4.47. The van der Waals surface area contributed by atoms with E-state index in [2.05, 4.69) is 33.9 Å². The molecule has 1 aromatic carbocycles. The van der Waals surface area contributed by atoms with E-state index in [1.165, 1.54) is 5.56 Å². The minimum Gasteiger partial charge on any atom is -0.301 e. The molecule has 90 valence electrons. The summed E-state index contributed by atoms with van der Waals surface area (Å²) in [5.74, 6) is 0. The highest BCUT2D eigenvalue weighted by molar-refractivity contribution is 5.44. The SMILES string of the molecule is [C-]#[N+]C(c1cnccn1)c1c(C)cc(C)cc1C. The van der Waals surface area contributed by atoms with Gasteiger partial charge in [0.1, 0.15) is 5.69 Å². The Hall–Kier alpha value is -2.21. The molecule has 0 N–H and O–H groups in total. The van der Waals surface area contributed by atoms with E-state index in [4.69, 9.17) is 6.57 Å². The van der Waals surface area contributed by atoms with Gasteiger partial charge in [-0.05, 0) is 31.9 Å². The molecule has 0 aliphatic carbocycles. The zero-order valence-corrected chi connectivity index (χ0v) is 10.8. The predicted molar refractivity (Wildman–Crippen MR) is 71.1 cm³/mol. The topological polar surface area (TPSA) is 30.1 Å². The molecular weight excluding hydrogens is 222 g/mol. The van der Waals surface area contributed by atoms with E-state index in [-0.39, 0.29) is 6.04 Å². The monoisotopic (exact) mass is 237 g/mol. The molecule has 0 amide bonds. The van der Waals surface area contributed by atoms with Crippen molar-refractivity contribution >= 4 is 0 Å². The molecule has 2 rings (SSSR count). The van der Waals surface area contributed by atoms with Crippen molar-refractivity contribution in [2.75, 3.05) is 0 Å². The van der Waals surface area contributed by atoms with Gasteiger partial charge in [0.25, 0.3) is 6.04 Å². The van der Waals surface area contributed by atoms with Gasteiger partial charge in [-0.3, -0.25) is 4.98 Å². The molecule has 0 radical (unpaired) electrons. The Labute approximate surface area is 107 Å². The Morgan fingerprint density at radius 1 is 1.11 bits per heavy atom. The van der Waals surface area contributed by atoms with Crippen molar-refractivity contribution in [2.24, 2.45) is 0 Å². The Kier molecular flexibility index (Phi) is 3.38. The highest BCUT2D eigenvalue weighted by Crippen LogP contribution is 2.30. The largest absolute Gasteiger partial charge is 0.301 e. The number of aryl methyl sites for hydroxylation is 3.